The Labute approximate surface area is 530 Å². The van der Waals surface area contributed by atoms with E-state index in [4.69, 9.17) is 32.7 Å². The van der Waals surface area contributed by atoms with Crippen LogP contribution >= 0.6 is 23.2 Å². The van der Waals surface area contributed by atoms with Crippen molar-refractivity contribution in [1.29, 1.82) is 0 Å². The highest BCUT2D eigenvalue weighted by molar-refractivity contribution is 7.91. The van der Waals surface area contributed by atoms with Gasteiger partial charge in [0, 0.05) is 58.2 Å². The number of hydrogen-bond donors (Lipinski definition) is 4. The maximum atomic E-state index is 13.5. The fourth-order valence-corrected chi connectivity index (χ4v) is 20.6. The first-order chi connectivity index (χ1) is 41.9. The summed E-state index contributed by atoms with van der Waals surface area (Å²) in [5.74, 6) is 0.853. The number of nitrogens with zero attached hydrogens (tertiary/aromatic N) is 2. The number of anilines is 2. The highest BCUT2D eigenvalue weighted by atomic mass is 35.5. The third kappa shape index (κ3) is 11.6. The third-order valence-electron chi connectivity index (χ3n) is 23.1. The van der Waals surface area contributed by atoms with E-state index >= 15 is 0 Å². The minimum Gasteiger partial charge on any atom is -0.490 e. The van der Waals surface area contributed by atoms with E-state index in [2.05, 4.69) is 67.8 Å². The smallest absolute Gasteiger partial charge is 0.264 e. The number of carbonyl (C=O) groups is 2. The summed E-state index contributed by atoms with van der Waals surface area (Å²) in [7, 11) is -7.86. The lowest BCUT2D eigenvalue weighted by Gasteiger charge is -2.51. The van der Waals surface area contributed by atoms with Crippen LogP contribution < -0.4 is 28.7 Å². The highest BCUT2D eigenvalue weighted by Gasteiger charge is 2.52. The summed E-state index contributed by atoms with van der Waals surface area (Å²) in [6, 6.07) is 23.0. The van der Waals surface area contributed by atoms with E-state index in [9.17, 15) is 36.6 Å². The third-order valence-corrected chi connectivity index (χ3v) is 27.4. The standard InChI is InChI=1S/2C35H43ClN2O5S/c2*1-22-15-24-5-3-14-35(40,18-24)30-10-7-27(30)19-38-20-34(13-4-6-25-16-28(36)9-11-29(25)34)21-43-32-12-8-26(17-31(32)38)33(39)37-44(41,42)23(22)2/h2*3,5,8-9,11-12,16-17,22-24,27,30,40H,4,6-7,10,13-15,18-21H2,1-2H3,(H,37,39)/t22-,23+,24-,27-,30+,34-,35+;22-,23+,24-,27-,30+,34-,35-/m00/s1. The van der Waals surface area contributed by atoms with Gasteiger partial charge in [0.25, 0.3) is 11.8 Å². The molecule has 18 heteroatoms. The summed E-state index contributed by atoms with van der Waals surface area (Å²) < 4.78 is 71.5. The minimum atomic E-state index is -3.93. The van der Waals surface area contributed by atoms with E-state index in [1.54, 1.807) is 38.1 Å². The molecule has 0 radical (unpaired) electrons. The molecule has 88 heavy (non-hydrogen) atoms. The van der Waals surface area contributed by atoms with Crippen molar-refractivity contribution >= 4 is 66.4 Å². The van der Waals surface area contributed by atoms with E-state index in [0.717, 1.165) is 98.7 Å². The first-order valence-electron chi connectivity index (χ1n) is 32.4. The van der Waals surface area contributed by atoms with Gasteiger partial charge in [0.05, 0.1) is 46.3 Å². The molecule has 472 valence electrons. The molecule has 2 amide bonds. The molecule has 2 saturated carbocycles. The van der Waals surface area contributed by atoms with Crippen molar-refractivity contribution in [1.82, 2.24) is 9.44 Å². The Balaban J connectivity index is 0.000000162. The van der Waals surface area contributed by atoms with Gasteiger partial charge in [-0.25, -0.2) is 26.3 Å². The zero-order chi connectivity index (χ0) is 61.7. The lowest BCUT2D eigenvalue weighted by atomic mass is 9.59. The molecule has 2 spiro atoms. The zero-order valence-corrected chi connectivity index (χ0v) is 54.3. The normalized spacial score (nSPS) is 36.2. The van der Waals surface area contributed by atoms with Crippen molar-refractivity contribution in [2.45, 2.75) is 163 Å². The van der Waals surface area contributed by atoms with Crippen LogP contribution in [0.15, 0.2) is 97.1 Å². The Kier molecular flexibility index (Phi) is 16.5. The Hall–Kier alpha value is -5.10. The molecule has 10 aliphatic rings. The molecule has 4 aliphatic heterocycles. The van der Waals surface area contributed by atoms with Gasteiger partial charge in [-0.05, 0) is 247 Å². The van der Waals surface area contributed by atoms with E-state index < -0.39 is 53.6 Å². The van der Waals surface area contributed by atoms with Gasteiger partial charge < -0.3 is 29.5 Å². The molecule has 2 fully saturated rings. The Morgan fingerprint density at radius 1 is 0.568 bits per heavy atom. The molecule has 4 N–H and O–H groups in total. The van der Waals surface area contributed by atoms with Crippen LogP contribution in [-0.4, -0.2) is 100.0 Å². The molecule has 4 aromatic rings. The summed E-state index contributed by atoms with van der Waals surface area (Å²) >= 11 is 12.8. The summed E-state index contributed by atoms with van der Waals surface area (Å²) in [5, 5.41) is 24.2. The van der Waals surface area contributed by atoms with Gasteiger partial charge in [-0.3, -0.25) is 9.59 Å². The number of nitrogens with one attached hydrogen (secondary N) is 2. The number of benzene rings is 4. The van der Waals surface area contributed by atoms with E-state index in [1.165, 1.54) is 22.3 Å². The molecule has 14 nitrogen and oxygen atoms in total. The SMILES string of the molecule is C[C@@H]1[C@@H](C)C[C@@H]2C=CC[C@@](O)(C2)[C@@H]2CC[C@H]2CN2C[C@@]3(CCCc4cc(Cl)ccc43)COc3ccc(cc32)C(=O)NS1(=O)=O.C[C@@H]1[C@@H](C)C[C@@H]2C=CC[C@](O)(C2)[C@@H]2CC[C@H]2CN2C[C@@]3(CCCc4cc(Cl)ccc43)COc3ccc(cc32)C(=O)NS1(=O)=O. The van der Waals surface area contributed by atoms with Gasteiger partial charge in [-0.2, -0.15) is 0 Å². The second-order valence-electron chi connectivity index (χ2n) is 28.7. The second-order valence-corrected chi connectivity index (χ2v) is 33.6. The van der Waals surface area contributed by atoms with Crippen molar-refractivity contribution < 1.29 is 46.1 Å². The van der Waals surface area contributed by atoms with Crippen molar-refractivity contribution in [3.63, 3.8) is 0 Å². The number of aliphatic hydroxyl groups is 2. The van der Waals surface area contributed by atoms with Crippen LogP contribution in [0.5, 0.6) is 11.5 Å². The largest absolute Gasteiger partial charge is 0.490 e. The molecular formula is C70H86Cl2N4O10S2. The molecule has 4 heterocycles. The van der Waals surface area contributed by atoms with Crippen LogP contribution in [0, 0.1) is 47.3 Å². The number of fused-ring (bicyclic) bond motifs is 14. The van der Waals surface area contributed by atoms with Crippen molar-refractivity contribution in [3.8, 4) is 11.5 Å². The van der Waals surface area contributed by atoms with Crippen LogP contribution in [0.1, 0.15) is 161 Å². The average Bonchev–Trinajstić information content (AvgIpc) is 1.50. The maximum absolute atomic E-state index is 13.5. The van der Waals surface area contributed by atoms with Gasteiger partial charge in [0.1, 0.15) is 11.5 Å². The molecule has 6 aliphatic carbocycles. The minimum absolute atomic E-state index is 0.0889. The van der Waals surface area contributed by atoms with Crippen LogP contribution in [0.2, 0.25) is 10.0 Å². The molecule has 8 bridgehead atoms. The molecule has 0 aromatic heterocycles. The highest BCUT2D eigenvalue weighted by Crippen LogP contribution is 2.54. The number of rotatable bonds is 0. The van der Waals surface area contributed by atoms with Crippen molar-refractivity contribution in [2.24, 2.45) is 47.3 Å². The fraction of sp³-hybridized carbons (Fsp3) is 0.571. The summed E-state index contributed by atoms with van der Waals surface area (Å²) in [6.45, 7) is 11.1. The number of amides is 2. The second kappa shape index (κ2) is 23.5. The molecule has 4 aromatic carbocycles. The van der Waals surface area contributed by atoms with Crippen LogP contribution in [0.25, 0.3) is 0 Å². The molecule has 0 saturated heterocycles. The first kappa shape index (κ1) is 61.7. The van der Waals surface area contributed by atoms with Crippen molar-refractivity contribution in [3.05, 3.63) is 141 Å². The first-order valence-corrected chi connectivity index (χ1v) is 36.3. The van der Waals surface area contributed by atoms with Gasteiger partial charge in [0.15, 0.2) is 0 Å². The average molecular weight is 1280 g/mol. The maximum Gasteiger partial charge on any atom is 0.264 e. The van der Waals surface area contributed by atoms with E-state index in [1.807, 2.05) is 38.1 Å². The number of halogens is 2. The lowest BCUT2D eigenvalue weighted by Crippen LogP contribution is -2.54. The lowest BCUT2D eigenvalue weighted by molar-refractivity contribution is -0.0955. The Morgan fingerprint density at radius 2 is 0.989 bits per heavy atom. The number of aryl methyl sites for hydroxylation is 2. The molecule has 0 unspecified atom stereocenters. The summed E-state index contributed by atoms with van der Waals surface area (Å²) in [5.41, 5.74) is 5.12. The predicted molar refractivity (Wildman–Crippen MR) is 346 cm³/mol. The summed E-state index contributed by atoms with van der Waals surface area (Å²) in [4.78, 5) is 31.7. The Morgan fingerprint density at radius 3 is 1.39 bits per heavy atom. The predicted octanol–water partition coefficient (Wildman–Crippen LogP) is 12.0. The Bertz CT molecular complexity index is 3460. The fourth-order valence-electron chi connectivity index (χ4n) is 17.6. The van der Waals surface area contributed by atoms with Gasteiger partial charge in [-0.1, -0.05) is 73.5 Å². The van der Waals surface area contributed by atoms with E-state index in [0.29, 0.717) is 99.3 Å². The van der Waals surface area contributed by atoms with E-state index in [-0.39, 0.29) is 46.3 Å². The quantitative estimate of drug-likeness (QED) is 0.122. The zero-order valence-electron chi connectivity index (χ0n) is 51.2. The van der Waals surface area contributed by atoms with Crippen LogP contribution in [-0.2, 0) is 43.7 Å². The van der Waals surface area contributed by atoms with Crippen LogP contribution in [0.3, 0.4) is 0 Å². The van der Waals surface area contributed by atoms with Gasteiger partial charge in [0.2, 0.25) is 20.0 Å². The number of hydrogen-bond acceptors (Lipinski definition) is 12. The number of carbonyl (C=O) groups excluding carboxylic acids is 2. The monoisotopic (exact) mass is 1280 g/mol. The van der Waals surface area contributed by atoms with Gasteiger partial charge in [-0.15, -0.1) is 0 Å². The molecule has 14 rings (SSSR count). The number of ether oxygens (including phenoxy) is 2. The van der Waals surface area contributed by atoms with Crippen LogP contribution in [0.4, 0.5) is 11.4 Å². The van der Waals surface area contributed by atoms with Crippen molar-refractivity contribution in [2.75, 3.05) is 49.2 Å². The topological polar surface area (TPSA) is 192 Å². The molecular weight excluding hydrogens is 1190 g/mol. The van der Waals surface area contributed by atoms with Gasteiger partial charge >= 0.3 is 0 Å². The number of allylic oxidation sites excluding steroid dienone is 2. The summed E-state index contributed by atoms with van der Waals surface area (Å²) in [6.07, 6.45) is 22.3. The molecule has 14 atom stereocenters. The number of sulfonamides is 2.